The van der Waals surface area contributed by atoms with E-state index in [-0.39, 0.29) is 13.2 Å². The highest BCUT2D eigenvalue weighted by molar-refractivity contribution is 5.70. The minimum Gasteiger partial charge on any atom is -0.440 e. The Balaban J connectivity index is 1.34. The molecule has 2 saturated heterocycles. The lowest BCUT2D eigenvalue weighted by molar-refractivity contribution is -0.0165. The first kappa shape index (κ1) is 15.0. The van der Waals surface area contributed by atoms with E-state index in [0.29, 0.717) is 6.67 Å². The number of nitrogens with zero attached hydrogens (tertiary/aromatic N) is 3. The molecule has 0 radical (unpaired) electrons. The Kier molecular flexibility index (Phi) is 3.82. The van der Waals surface area contributed by atoms with Gasteiger partial charge in [0.25, 0.3) is 0 Å². The molecule has 0 aromatic carbocycles. The van der Waals surface area contributed by atoms with Crippen LogP contribution in [0.3, 0.4) is 0 Å². The molecule has 3 aliphatic rings. The van der Waals surface area contributed by atoms with Crippen molar-refractivity contribution in [3.63, 3.8) is 0 Å². The Hall–Kier alpha value is -2.59. The molecule has 4 atom stereocenters. The van der Waals surface area contributed by atoms with Crippen molar-refractivity contribution >= 4 is 12.2 Å². The molecule has 2 fully saturated rings. The normalized spacial score (nSPS) is 30.9. The average molecular weight is 336 g/mol. The summed E-state index contributed by atoms with van der Waals surface area (Å²) >= 11 is 0. The smallest absolute Gasteiger partial charge is 0.419 e. The molecule has 0 unspecified atom stereocenters. The molecule has 1 aromatic rings. The SMILES string of the molecule is O=C(O[C@@H]1CO[C@H]2[C@@H]1OC[C@@H]2OC(=O)n1ccnc1)N1C=CNC1. The van der Waals surface area contributed by atoms with Gasteiger partial charge in [-0.25, -0.2) is 19.1 Å². The third kappa shape index (κ3) is 2.69. The van der Waals surface area contributed by atoms with E-state index in [9.17, 15) is 9.59 Å². The van der Waals surface area contributed by atoms with Crippen molar-refractivity contribution in [2.45, 2.75) is 24.4 Å². The van der Waals surface area contributed by atoms with Gasteiger partial charge in [0.1, 0.15) is 18.5 Å². The van der Waals surface area contributed by atoms with Crippen LogP contribution in [0.2, 0.25) is 0 Å². The predicted octanol–water partition coefficient (Wildman–Crippen LogP) is -0.127. The highest BCUT2D eigenvalue weighted by Crippen LogP contribution is 2.31. The molecule has 128 valence electrons. The molecule has 0 spiro atoms. The molecule has 1 amide bonds. The Morgan fingerprint density at radius 2 is 1.83 bits per heavy atom. The van der Waals surface area contributed by atoms with Crippen molar-refractivity contribution in [3.05, 3.63) is 31.1 Å². The predicted molar refractivity (Wildman–Crippen MR) is 76.6 cm³/mol. The lowest BCUT2D eigenvalue weighted by atomic mass is 10.1. The van der Waals surface area contributed by atoms with Crippen LogP contribution in [-0.4, -0.2) is 70.9 Å². The number of rotatable bonds is 2. The number of hydrogen-bond donors (Lipinski definition) is 1. The van der Waals surface area contributed by atoms with Gasteiger partial charge in [-0.3, -0.25) is 4.90 Å². The van der Waals surface area contributed by atoms with Crippen LogP contribution in [-0.2, 0) is 18.9 Å². The zero-order valence-corrected chi connectivity index (χ0v) is 12.6. The van der Waals surface area contributed by atoms with Crippen LogP contribution in [0.4, 0.5) is 9.59 Å². The van der Waals surface area contributed by atoms with E-state index >= 15 is 0 Å². The van der Waals surface area contributed by atoms with E-state index in [1.165, 1.54) is 28.2 Å². The number of ether oxygens (including phenoxy) is 4. The number of fused-ring (bicyclic) bond motifs is 1. The topological polar surface area (TPSA) is 104 Å². The molecule has 24 heavy (non-hydrogen) atoms. The number of amides is 1. The molecule has 0 aliphatic carbocycles. The number of imidazole rings is 1. The van der Waals surface area contributed by atoms with Gasteiger partial charge in [0.15, 0.2) is 12.2 Å². The maximum Gasteiger partial charge on any atom is 0.419 e. The van der Waals surface area contributed by atoms with E-state index in [1.54, 1.807) is 12.4 Å². The number of hydrogen-bond acceptors (Lipinski definition) is 8. The number of nitrogens with one attached hydrogen (secondary N) is 1. The van der Waals surface area contributed by atoms with Gasteiger partial charge in [-0.15, -0.1) is 0 Å². The highest BCUT2D eigenvalue weighted by atomic mass is 16.7. The maximum absolute atomic E-state index is 12.0. The molecular formula is C14H16N4O6. The maximum atomic E-state index is 12.0. The third-order valence-electron chi connectivity index (χ3n) is 4.05. The van der Waals surface area contributed by atoms with Gasteiger partial charge in [-0.1, -0.05) is 0 Å². The Morgan fingerprint density at radius 1 is 1.12 bits per heavy atom. The summed E-state index contributed by atoms with van der Waals surface area (Å²) in [7, 11) is 0. The van der Waals surface area contributed by atoms with Crippen LogP contribution in [0.1, 0.15) is 0 Å². The number of carbonyl (C=O) groups is 2. The van der Waals surface area contributed by atoms with E-state index in [4.69, 9.17) is 18.9 Å². The average Bonchev–Trinajstić information content (AvgIpc) is 3.36. The largest absolute Gasteiger partial charge is 0.440 e. The lowest BCUT2D eigenvalue weighted by Gasteiger charge is -2.20. The van der Waals surface area contributed by atoms with Gasteiger partial charge in [-0.2, -0.15) is 0 Å². The summed E-state index contributed by atoms with van der Waals surface area (Å²) in [5.74, 6) is 0. The fourth-order valence-corrected chi connectivity index (χ4v) is 2.86. The molecule has 4 rings (SSSR count). The summed E-state index contributed by atoms with van der Waals surface area (Å²) in [4.78, 5) is 29.2. The molecule has 10 heteroatoms. The highest BCUT2D eigenvalue weighted by Gasteiger charge is 2.51. The quantitative estimate of drug-likeness (QED) is 0.797. The molecule has 10 nitrogen and oxygen atoms in total. The second-order valence-electron chi connectivity index (χ2n) is 5.56. The summed E-state index contributed by atoms with van der Waals surface area (Å²) in [5, 5.41) is 2.88. The fourth-order valence-electron chi connectivity index (χ4n) is 2.86. The van der Waals surface area contributed by atoms with Crippen molar-refractivity contribution in [2.75, 3.05) is 19.9 Å². The Morgan fingerprint density at radius 3 is 2.42 bits per heavy atom. The number of aromatic nitrogens is 2. The van der Waals surface area contributed by atoms with Crippen LogP contribution >= 0.6 is 0 Å². The van der Waals surface area contributed by atoms with Crippen molar-refractivity contribution in [3.8, 4) is 0 Å². The summed E-state index contributed by atoms with van der Waals surface area (Å²) in [6, 6.07) is 0. The van der Waals surface area contributed by atoms with Crippen LogP contribution in [0.5, 0.6) is 0 Å². The zero-order valence-electron chi connectivity index (χ0n) is 12.6. The summed E-state index contributed by atoms with van der Waals surface area (Å²) in [5.41, 5.74) is 0. The molecule has 4 heterocycles. The fraction of sp³-hybridized carbons (Fsp3) is 0.500. The molecule has 1 aromatic heterocycles. The first-order valence-corrected chi connectivity index (χ1v) is 7.52. The van der Waals surface area contributed by atoms with E-state index < -0.39 is 36.6 Å². The van der Waals surface area contributed by atoms with E-state index in [1.807, 2.05) is 0 Å². The molecular weight excluding hydrogens is 320 g/mol. The van der Waals surface area contributed by atoms with E-state index in [2.05, 4.69) is 10.3 Å². The Labute approximate surface area is 136 Å². The molecule has 3 aliphatic heterocycles. The first-order valence-electron chi connectivity index (χ1n) is 7.52. The minimum absolute atomic E-state index is 0.189. The standard InChI is InChI=1S/C14H16N4O6/c19-13(17-3-1-15-7-17)23-9-5-21-12-10(6-22-11(9)12)24-14(20)18-4-2-16-8-18/h1-4,7,9-12,16H,5-6,8H2/t9-,10+,11+,12+/m0/s1. The second-order valence-corrected chi connectivity index (χ2v) is 5.56. The van der Waals surface area contributed by atoms with Crippen molar-refractivity contribution in [1.29, 1.82) is 0 Å². The van der Waals surface area contributed by atoms with Crippen LogP contribution in [0.25, 0.3) is 0 Å². The first-order chi connectivity index (χ1) is 11.7. The molecule has 0 bridgehead atoms. The molecule has 0 saturated carbocycles. The summed E-state index contributed by atoms with van der Waals surface area (Å²) in [6.07, 6.45) is 4.56. The minimum atomic E-state index is -0.556. The van der Waals surface area contributed by atoms with Crippen molar-refractivity contribution in [2.24, 2.45) is 0 Å². The van der Waals surface area contributed by atoms with Gasteiger partial charge in [0.05, 0.1) is 19.9 Å². The van der Waals surface area contributed by atoms with Crippen LogP contribution in [0, 0.1) is 0 Å². The van der Waals surface area contributed by atoms with Crippen molar-refractivity contribution in [1.82, 2.24) is 19.8 Å². The molecule has 1 N–H and O–H groups in total. The van der Waals surface area contributed by atoms with E-state index in [0.717, 1.165) is 0 Å². The summed E-state index contributed by atoms with van der Waals surface area (Å²) < 4.78 is 23.3. The second kappa shape index (κ2) is 6.13. The van der Waals surface area contributed by atoms with Crippen LogP contribution < -0.4 is 5.32 Å². The Bertz CT molecular complexity index is 648. The van der Waals surface area contributed by atoms with Gasteiger partial charge in [0.2, 0.25) is 0 Å². The third-order valence-corrected chi connectivity index (χ3v) is 4.05. The van der Waals surface area contributed by atoms with Crippen molar-refractivity contribution < 1.29 is 28.5 Å². The van der Waals surface area contributed by atoms with Gasteiger partial charge >= 0.3 is 12.2 Å². The number of carbonyl (C=O) groups excluding carboxylic acids is 2. The van der Waals surface area contributed by atoms with Gasteiger partial charge < -0.3 is 24.3 Å². The van der Waals surface area contributed by atoms with Gasteiger partial charge in [-0.05, 0) is 0 Å². The van der Waals surface area contributed by atoms with Gasteiger partial charge in [0, 0.05) is 24.8 Å². The lowest BCUT2D eigenvalue weighted by Crippen LogP contribution is -2.39. The monoisotopic (exact) mass is 336 g/mol. The summed E-state index contributed by atoms with van der Waals surface area (Å²) in [6.45, 7) is 0.757. The van der Waals surface area contributed by atoms with Crippen LogP contribution in [0.15, 0.2) is 31.1 Å². The zero-order chi connectivity index (χ0) is 16.5.